The molecule has 408 valence electrons. The Morgan fingerprint density at radius 3 is 2.47 bits per heavy atom. The minimum atomic E-state index is -3.67. The molecule has 0 spiro atoms. The van der Waals surface area contributed by atoms with Gasteiger partial charge in [-0.2, -0.15) is 5.10 Å². The van der Waals surface area contributed by atoms with E-state index in [1.165, 1.54) is 33.7 Å². The molecule has 3 unspecified atom stereocenters. The molecule has 1 aromatic heterocycles. The summed E-state index contributed by atoms with van der Waals surface area (Å²) < 4.78 is 52.6. The van der Waals surface area contributed by atoms with E-state index in [0.717, 1.165) is 37.1 Å². The second-order valence-corrected chi connectivity index (χ2v) is 26.0. The molecule has 0 bridgehead atoms. The van der Waals surface area contributed by atoms with E-state index in [-0.39, 0.29) is 103 Å². The zero-order valence-electron chi connectivity index (χ0n) is 43.3. The monoisotopic (exact) mass is 1110 g/mol. The number of piperidine rings is 1. The number of halogens is 1. The van der Waals surface area contributed by atoms with Crippen LogP contribution in [0.2, 0.25) is 0 Å². The molecule has 20 nitrogen and oxygen atoms in total. The molecule has 3 N–H and O–H groups in total. The molecular weight excluding hydrogens is 1050 g/mol. The number of anilines is 1. The van der Waals surface area contributed by atoms with Crippen LogP contribution in [0.1, 0.15) is 94.2 Å². The van der Waals surface area contributed by atoms with Crippen LogP contribution in [0, 0.1) is 11.7 Å². The van der Waals surface area contributed by atoms with Crippen LogP contribution in [0.25, 0.3) is 0 Å². The Morgan fingerprint density at radius 2 is 1.74 bits per heavy atom. The summed E-state index contributed by atoms with van der Waals surface area (Å²) in [4.78, 5) is 90.1. The second kappa shape index (κ2) is 23.9. The minimum absolute atomic E-state index is 0.00662. The van der Waals surface area contributed by atoms with Gasteiger partial charge in [0.15, 0.2) is 9.84 Å². The fourth-order valence-electron chi connectivity index (χ4n) is 10.5. The number of pyridine rings is 1. The van der Waals surface area contributed by atoms with Crippen molar-refractivity contribution >= 4 is 99.0 Å². The number of fused-ring (bicyclic) bond motifs is 2. The quantitative estimate of drug-likeness (QED) is 0.0483. The van der Waals surface area contributed by atoms with Gasteiger partial charge >= 0.3 is 182 Å². The number of aromatic nitrogens is 1. The van der Waals surface area contributed by atoms with Crippen LogP contribution in [0.3, 0.4) is 0 Å². The van der Waals surface area contributed by atoms with E-state index in [1.807, 2.05) is 43.1 Å². The van der Waals surface area contributed by atoms with Gasteiger partial charge in [0.2, 0.25) is 11.8 Å². The number of carbonyl (C=O) groups is 6. The molecule has 1 saturated carbocycles. The molecule has 3 saturated heterocycles. The summed E-state index contributed by atoms with van der Waals surface area (Å²) in [6.45, 7) is 7.92. The number of carbonyl (C=O) groups excluding carboxylic acids is 6. The number of urea groups is 1. The Kier molecular flexibility index (Phi) is 17.3. The fourth-order valence-corrected chi connectivity index (χ4v) is 14.5. The first-order valence-electron chi connectivity index (χ1n) is 26.0. The number of nitrogens with zero attached hydrogens (tertiary/aromatic N) is 6. The van der Waals surface area contributed by atoms with Crippen molar-refractivity contribution in [3.8, 4) is 5.75 Å². The van der Waals surface area contributed by atoms with Gasteiger partial charge < -0.3 is 14.5 Å². The zero-order chi connectivity index (χ0) is 54.5. The van der Waals surface area contributed by atoms with Gasteiger partial charge in [-0.25, -0.2) is 18.6 Å². The van der Waals surface area contributed by atoms with Crippen molar-refractivity contribution in [1.29, 1.82) is 0 Å². The van der Waals surface area contributed by atoms with Crippen molar-refractivity contribution in [2.75, 3.05) is 62.7 Å². The van der Waals surface area contributed by atoms with Gasteiger partial charge in [-0.15, -0.1) is 5.06 Å². The molecule has 77 heavy (non-hydrogen) atoms. The molecule has 6 aliphatic rings. The van der Waals surface area contributed by atoms with E-state index in [1.54, 1.807) is 36.4 Å². The average Bonchev–Trinajstić information content (AvgIpc) is 3.93. The molecule has 1 aliphatic carbocycles. The summed E-state index contributed by atoms with van der Waals surface area (Å²) in [7, 11) is 3.17. The summed E-state index contributed by atoms with van der Waals surface area (Å²) >= 11 is 0. The number of nitrogens with one attached hydrogen (secondary N) is 3. The van der Waals surface area contributed by atoms with Gasteiger partial charge in [-0.3, -0.25) is 24.1 Å². The van der Waals surface area contributed by atoms with Crippen LogP contribution in [-0.2, 0) is 49.8 Å². The predicted octanol–water partition coefficient (Wildman–Crippen LogP) is 3.38. The number of hydrazone groups is 1. The molecule has 5 aliphatic heterocycles. The number of hydrogen-bond acceptors (Lipinski definition) is 17. The van der Waals surface area contributed by atoms with Crippen LogP contribution in [0.5, 0.6) is 5.75 Å². The average molecular weight is 1110 g/mol. The Morgan fingerprint density at radius 1 is 0.974 bits per heavy atom. The maximum atomic E-state index is 15.3. The molecular formula is C51H62B2FN9O11S3. The maximum absolute atomic E-state index is 15.3. The van der Waals surface area contributed by atoms with Gasteiger partial charge in [0.05, 0.1) is 29.4 Å². The Balaban J connectivity index is 0.631. The van der Waals surface area contributed by atoms with Crippen LogP contribution in [0.4, 0.5) is 14.9 Å². The standard InChI is InChI=1S/C51H62B2FN9O11S3/c1-50(2,29-41(64)59-58-39-16-26-77(70,71)40-28-36(9-10-37(39)40)72-24-4-6-45(68)73-63-43(66)11-12-44(63)67)76-75-25-15-42(65)61-22-20-60(21-23-61)35-13-18-62(19-14-35)49(69)56-31-32-7-8-34(27-38(32)54)57-48-47-46(51(47,52)74-53-48)33-5-3-17-55-30-33/h3,5,7-10,17,27-28,30,35,46-47,57H,4,6,11-16,18-26,29,31,52H2,1-2H3,(H,56,69)(H,59,64)/b58-39+. The first-order valence-corrected chi connectivity index (χ1v) is 29.9. The summed E-state index contributed by atoms with van der Waals surface area (Å²) in [5.41, 5.74) is 6.03. The number of benzene rings is 2. The summed E-state index contributed by atoms with van der Waals surface area (Å²) in [6, 6.07) is 13.5. The third-order valence-corrected chi connectivity index (χ3v) is 19.8. The van der Waals surface area contributed by atoms with Gasteiger partial charge in [0.25, 0.3) is 11.8 Å². The van der Waals surface area contributed by atoms with Gasteiger partial charge in [-0.1, -0.05) is 21.6 Å². The molecule has 0 radical (unpaired) electrons. The Labute approximate surface area is 456 Å². The van der Waals surface area contributed by atoms with Crippen molar-refractivity contribution in [2.24, 2.45) is 11.0 Å². The number of amides is 6. The number of hydroxylamine groups is 2. The summed E-state index contributed by atoms with van der Waals surface area (Å²) in [6.07, 6.45) is 5.86. The van der Waals surface area contributed by atoms with Gasteiger partial charge in [0.1, 0.15) is 5.75 Å². The summed E-state index contributed by atoms with van der Waals surface area (Å²) in [5.74, 6) is -1.65. The van der Waals surface area contributed by atoms with E-state index in [9.17, 15) is 37.2 Å². The molecule has 2 aromatic carbocycles. The normalized spacial score (nSPS) is 22.6. The van der Waals surface area contributed by atoms with Crippen molar-refractivity contribution in [2.45, 2.75) is 105 Å². The predicted molar refractivity (Wildman–Crippen MR) is 292 cm³/mol. The second-order valence-electron chi connectivity index (χ2n) is 20.8. The van der Waals surface area contributed by atoms with Crippen LogP contribution in [-0.4, -0.2) is 169 Å². The molecule has 26 heteroatoms. The molecule has 3 aromatic rings. The first kappa shape index (κ1) is 55.8. The number of rotatable bonds is 20. The molecule has 6 amide bonds. The number of likely N-dealkylation sites (tertiary alicyclic amines) is 1. The van der Waals surface area contributed by atoms with Crippen molar-refractivity contribution < 1.29 is 55.8 Å². The third-order valence-electron chi connectivity index (χ3n) is 14.8. The van der Waals surface area contributed by atoms with Crippen molar-refractivity contribution in [1.82, 2.24) is 35.5 Å². The molecule has 3 atom stereocenters. The van der Waals surface area contributed by atoms with E-state index in [4.69, 9.17) is 14.2 Å². The number of imide groups is 1. The van der Waals surface area contributed by atoms with Gasteiger partial charge in [0, 0.05) is 80.4 Å². The third kappa shape index (κ3) is 13.5. The molecule has 9 rings (SSSR count). The first-order chi connectivity index (χ1) is 36.9. The van der Waals surface area contributed by atoms with Crippen LogP contribution in [0.15, 0.2) is 70.9 Å². The van der Waals surface area contributed by atoms with Crippen LogP contribution < -0.4 is 20.8 Å². The van der Waals surface area contributed by atoms with E-state index in [2.05, 4.69) is 38.9 Å². The Hall–Kier alpha value is -5.98. The molecule has 4 fully saturated rings. The Bertz CT molecular complexity index is 2930. The number of ether oxygens (including phenoxy) is 1. The number of sulfone groups is 1. The van der Waals surface area contributed by atoms with E-state index < -0.39 is 38.2 Å². The topological polar surface area (TPSA) is 239 Å². The number of piperazine rings is 1. The molecule has 6 heterocycles. The summed E-state index contributed by atoms with van der Waals surface area (Å²) in [5, 5.41) is 11.0. The fraction of sp³-hybridized carbons (Fsp3) is 0.510. The van der Waals surface area contributed by atoms with Crippen LogP contribution >= 0.6 is 21.6 Å². The zero-order valence-corrected chi connectivity index (χ0v) is 45.7. The number of hydrogen-bond donors (Lipinski definition) is 3. The van der Waals surface area contributed by atoms with Gasteiger partial charge in [-0.05, 0) is 38.5 Å². The SMILES string of the molecule is BC12OB=C(Nc3ccc(CNC(=O)N4CCC(N5CCN(C(=O)CCSSC(C)(C)CC(=O)N/N=C6\CCS(=O)(=O)c7cc(OCCCC(=O)ON8C(=O)CCC8=O)ccc76)CC5)CC4)c(F)c3)C1C2c1cccnc1. The van der Waals surface area contributed by atoms with E-state index >= 15 is 4.39 Å². The van der Waals surface area contributed by atoms with E-state index in [0.29, 0.717) is 72.0 Å². The van der Waals surface area contributed by atoms with Crippen molar-refractivity contribution in [3.05, 3.63) is 83.4 Å². The van der Waals surface area contributed by atoms with Crippen molar-refractivity contribution in [3.63, 3.8) is 0 Å².